The number of nitrogens with one attached hydrogen (secondary N) is 6. The topological polar surface area (TPSA) is 273 Å². The predicted octanol–water partition coefficient (Wildman–Crippen LogP) is 13.5. The van der Waals surface area contributed by atoms with Gasteiger partial charge in [0.1, 0.15) is 34.5 Å². The Hall–Kier alpha value is -10.7. The summed E-state index contributed by atoms with van der Waals surface area (Å²) < 4.78 is 36.0. The lowest BCUT2D eigenvalue weighted by molar-refractivity contribution is 0.0987. The van der Waals surface area contributed by atoms with E-state index in [1.807, 2.05) is 0 Å². The van der Waals surface area contributed by atoms with E-state index in [0.717, 1.165) is 57.8 Å². The van der Waals surface area contributed by atoms with Crippen molar-refractivity contribution in [1.29, 1.82) is 0 Å². The fraction of sp³-hybridized carbons (Fsp3) is 0.260. The van der Waals surface area contributed by atoms with E-state index in [1.165, 1.54) is 6.07 Å². The number of pyridine rings is 6. The number of hydrogen-bond donors (Lipinski definition) is 7. The number of fused-ring (bicyclic) bond motifs is 18. The number of ether oxygens (including phenoxy) is 6. The maximum atomic E-state index is 15.2. The average Bonchev–Trinajstić information content (AvgIpc) is 0.711. The van der Waals surface area contributed by atoms with Crippen LogP contribution < -0.4 is 61.0 Å². The largest absolute Gasteiger partial charge is 0.494 e. The van der Waals surface area contributed by atoms with Crippen LogP contribution in [0.25, 0.3) is 131 Å². The van der Waals surface area contributed by atoms with Crippen molar-refractivity contribution >= 4 is 131 Å². The van der Waals surface area contributed by atoms with Gasteiger partial charge in [0.05, 0.1) is 132 Å². The molecule has 6 heterocycles. The lowest BCUT2D eigenvalue weighted by Crippen LogP contribution is -2.15. The third-order valence-corrected chi connectivity index (χ3v) is 17.4. The Kier molecular flexibility index (Phi) is 15.8. The number of rotatable bonds is 23. The Balaban J connectivity index is 0.791. The smallest absolute Gasteiger partial charge is 0.199 e. The molecule has 92 heavy (non-hydrogen) atoms. The van der Waals surface area contributed by atoms with E-state index < -0.39 is 28.5 Å². The third kappa shape index (κ3) is 10.4. The molecule has 0 unspecified atom stereocenters. The summed E-state index contributed by atoms with van der Waals surface area (Å²) in [5.74, 6) is 2.62. The van der Waals surface area contributed by atoms with Crippen LogP contribution in [0.15, 0.2) is 138 Å². The highest BCUT2D eigenvalue weighted by molar-refractivity contribution is 6.27. The van der Waals surface area contributed by atoms with Crippen LogP contribution in [0.4, 0.5) is 0 Å². The Morgan fingerprint density at radius 1 is 0.272 bits per heavy atom. The zero-order valence-corrected chi connectivity index (χ0v) is 51.1. The quantitative estimate of drug-likeness (QED) is 0.0136. The van der Waals surface area contributed by atoms with Gasteiger partial charge in [0.15, 0.2) is 39.4 Å². The molecule has 6 aromatic heterocycles. The summed E-state index contributed by atoms with van der Waals surface area (Å²) in [5, 5.41) is 12.0. The van der Waals surface area contributed by atoms with Gasteiger partial charge in [-0.05, 0) is 128 Å². The second kappa shape index (κ2) is 24.6. The fourth-order valence-corrected chi connectivity index (χ4v) is 12.8. The first-order valence-electron chi connectivity index (χ1n) is 31.5. The SMILES string of the molecule is CCCCCOc1ccc2[nH]c3c4c(=O)c5cc(OCO)ccc5[nH]c4c4c(=O)c5cc(OCCCOc6ccc7[nH]c8c9c(=O)c%10cc(OCCCCC)ccc%10[nH]c9c9c(=O)c%10cc(OCCCCC)ccc%10[nH]c9c8c(=O)c7c6)ccc5[nH]c4c3c(=O)c2c1. The summed E-state index contributed by atoms with van der Waals surface area (Å²) >= 11 is 0. The van der Waals surface area contributed by atoms with Gasteiger partial charge in [0.2, 0.25) is 0 Å². The molecule has 0 amide bonds. The number of hydrogen-bond acceptors (Lipinski definition) is 13. The van der Waals surface area contributed by atoms with Crippen molar-refractivity contribution in [3.8, 4) is 34.5 Å². The van der Waals surface area contributed by atoms with Crippen molar-refractivity contribution in [2.75, 3.05) is 39.8 Å². The number of aromatic amines is 6. The van der Waals surface area contributed by atoms with Crippen molar-refractivity contribution in [1.82, 2.24) is 29.9 Å². The molecule has 8 aromatic carbocycles. The Morgan fingerprint density at radius 3 is 0.663 bits per heavy atom. The summed E-state index contributed by atoms with van der Waals surface area (Å²) in [6.07, 6.45) is 9.08. The highest BCUT2D eigenvalue weighted by Gasteiger charge is 2.25. The first kappa shape index (κ1) is 59.0. The minimum absolute atomic E-state index is 0.0926. The average molecular weight is 1240 g/mol. The molecule has 0 fully saturated rings. The number of aromatic nitrogens is 6. The normalized spacial score (nSPS) is 12.0. The van der Waals surface area contributed by atoms with E-state index >= 15 is 9.59 Å². The molecule has 0 aliphatic heterocycles. The Labute approximate surface area is 521 Å². The zero-order valence-electron chi connectivity index (χ0n) is 51.1. The van der Waals surface area contributed by atoms with Crippen molar-refractivity contribution < 1.29 is 33.5 Å². The van der Waals surface area contributed by atoms with E-state index in [2.05, 4.69) is 50.7 Å². The summed E-state index contributed by atoms with van der Waals surface area (Å²) in [6.45, 7) is 7.54. The second-order valence-electron chi connectivity index (χ2n) is 23.5. The van der Waals surface area contributed by atoms with Gasteiger partial charge >= 0.3 is 0 Å². The molecule has 7 N–H and O–H groups in total. The van der Waals surface area contributed by atoms with Crippen LogP contribution >= 0.6 is 0 Å². The van der Waals surface area contributed by atoms with Gasteiger partial charge in [0, 0.05) is 38.7 Å². The summed E-state index contributed by atoms with van der Waals surface area (Å²) in [4.78, 5) is 110. The van der Waals surface area contributed by atoms with Crippen molar-refractivity contribution in [2.24, 2.45) is 0 Å². The van der Waals surface area contributed by atoms with Gasteiger partial charge in [-0.25, -0.2) is 0 Å². The van der Waals surface area contributed by atoms with Crippen LogP contribution in [0.5, 0.6) is 34.5 Å². The number of unbranched alkanes of at least 4 members (excludes halogenated alkanes) is 6. The van der Waals surface area contributed by atoms with E-state index in [1.54, 1.807) is 103 Å². The molecular weight excluding hydrogens is 1170 g/mol. The minimum Gasteiger partial charge on any atom is -0.494 e. The maximum absolute atomic E-state index is 15.2. The molecule has 0 atom stereocenters. The second-order valence-corrected chi connectivity index (χ2v) is 23.5. The van der Waals surface area contributed by atoms with Crippen LogP contribution in [0.3, 0.4) is 0 Å². The number of aliphatic hydroxyl groups is 1. The van der Waals surface area contributed by atoms with Gasteiger partial charge in [-0.3, -0.25) is 28.8 Å². The molecule has 0 aliphatic rings. The summed E-state index contributed by atoms with van der Waals surface area (Å²) in [5.41, 5.74) is 1.73. The van der Waals surface area contributed by atoms with Gasteiger partial charge in [-0.2, -0.15) is 0 Å². The Morgan fingerprint density at radius 2 is 0.467 bits per heavy atom. The molecule has 19 nitrogen and oxygen atoms in total. The minimum atomic E-state index is -0.607. The number of aliphatic hydroxyl groups excluding tert-OH is 1. The molecule has 0 bridgehead atoms. The monoisotopic (exact) mass is 1230 g/mol. The number of benzene rings is 8. The van der Waals surface area contributed by atoms with E-state index in [0.29, 0.717) is 104 Å². The molecule has 0 spiro atoms. The Bertz CT molecular complexity index is 5650. The van der Waals surface area contributed by atoms with Gasteiger partial charge in [-0.15, -0.1) is 0 Å². The molecule has 0 radical (unpaired) electrons. The molecule has 0 saturated carbocycles. The van der Waals surface area contributed by atoms with Crippen LogP contribution in [0, 0.1) is 0 Å². The fourth-order valence-electron chi connectivity index (χ4n) is 12.8. The standard InChI is InChI=1S/C73H66N6O13/c1-4-7-10-26-87-38-14-20-50-44(31-38)69(82)57-62(74-50)56-63(75-51-21-15-39(32-45(51)68(56)81)88-27-11-8-5-2)58-64(57)77-53-23-17-41(34-47(53)71(58)84)90-29-13-30-91-42-18-24-54-48(35-42)72(85)60-65(78-54)59-66(61-67(60)79-55-25-19-43(92-37-80)36-49(55)73(61)86)76-52-22-16-40(33-46(52)70(59)83)89-28-12-9-6-3/h14-25,31-36,80H,4-13,26-30,37H2,1-3H3,(H,74,82)(H,75,81)(H,76,83)(H,77,84)(H,78,85)(H,79,86). The lowest BCUT2D eigenvalue weighted by Gasteiger charge is -2.15. The highest BCUT2D eigenvalue weighted by Crippen LogP contribution is 2.36. The van der Waals surface area contributed by atoms with Gasteiger partial charge in [0.25, 0.3) is 0 Å². The van der Waals surface area contributed by atoms with E-state index in [4.69, 9.17) is 28.4 Å². The highest BCUT2D eigenvalue weighted by atomic mass is 16.6. The summed E-state index contributed by atoms with van der Waals surface area (Å²) in [7, 11) is 0. The predicted molar refractivity (Wildman–Crippen MR) is 365 cm³/mol. The van der Waals surface area contributed by atoms with Crippen LogP contribution in [-0.4, -0.2) is 74.8 Å². The third-order valence-electron chi connectivity index (χ3n) is 17.4. The molecule has 19 heteroatoms. The van der Waals surface area contributed by atoms with Crippen LogP contribution in [0.1, 0.15) is 85.0 Å². The van der Waals surface area contributed by atoms with Crippen LogP contribution in [0.2, 0.25) is 0 Å². The maximum Gasteiger partial charge on any atom is 0.199 e. The van der Waals surface area contributed by atoms with Crippen molar-refractivity contribution in [3.63, 3.8) is 0 Å². The first-order valence-corrected chi connectivity index (χ1v) is 31.5. The zero-order chi connectivity index (χ0) is 63.3. The molecule has 14 aromatic rings. The lowest BCUT2D eigenvalue weighted by atomic mass is 9.98. The van der Waals surface area contributed by atoms with Crippen molar-refractivity contribution in [3.05, 3.63) is 171 Å². The first-order chi connectivity index (χ1) is 44.9. The van der Waals surface area contributed by atoms with E-state index in [9.17, 15) is 24.3 Å². The van der Waals surface area contributed by atoms with Gasteiger partial charge < -0.3 is 63.4 Å². The molecule has 14 rings (SSSR count). The summed E-state index contributed by atoms with van der Waals surface area (Å²) in [6, 6.07) is 30.7. The molecular formula is C73H66N6O13. The molecule has 0 aliphatic carbocycles. The van der Waals surface area contributed by atoms with Crippen LogP contribution in [-0.2, 0) is 0 Å². The van der Waals surface area contributed by atoms with Gasteiger partial charge in [-0.1, -0.05) is 59.3 Å². The molecule has 466 valence electrons. The van der Waals surface area contributed by atoms with Crippen molar-refractivity contribution in [2.45, 2.75) is 85.0 Å². The number of H-pyrrole nitrogens is 6. The van der Waals surface area contributed by atoms with E-state index in [-0.39, 0.29) is 111 Å². The molecule has 0 saturated heterocycles.